The number of hydrogen-bond donors (Lipinski definition) is 1. The van der Waals surface area contributed by atoms with E-state index in [9.17, 15) is 31.1 Å². The van der Waals surface area contributed by atoms with E-state index in [1.54, 1.807) is 6.92 Å². The number of hydrogen-bond acceptors (Lipinski definition) is 4. The van der Waals surface area contributed by atoms with Gasteiger partial charge >= 0.3 is 0 Å². The Hall–Kier alpha value is -3.93. The number of furan rings is 1. The molecule has 0 aliphatic heterocycles. The molecule has 2 aromatic heterocycles. The Bertz CT molecular complexity index is 1420. The van der Waals surface area contributed by atoms with Crippen molar-refractivity contribution < 1.29 is 40.3 Å². The maximum atomic E-state index is 14.1. The predicted octanol–water partition coefficient (Wildman–Crippen LogP) is 6.15. The van der Waals surface area contributed by atoms with Crippen molar-refractivity contribution in [3.05, 3.63) is 99.1 Å². The minimum atomic E-state index is -2.32. The molecule has 0 unspecified atom stereocenters. The van der Waals surface area contributed by atoms with Crippen LogP contribution < -0.4 is 10.1 Å². The van der Waals surface area contributed by atoms with Crippen LogP contribution in [0.25, 0.3) is 0 Å². The van der Waals surface area contributed by atoms with Gasteiger partial charge < -0.3 is 14.5 Å². The van der Waals surface area contributed by atoms with E-state index >= 15 is 0 Å². The summed E-state index contributed by atoms with van der Waals surface area (Å²) in [6.45, 7) is 0.953. The second-order valence-corrected chi connectivity index (χ2v) is 7.84. The van der Waals surface area contributed by atoms with Gasteiger partial charge in [-0.25, -0.2) is 17.6 Å². The lowest BCUT2D eigenvalue weighted by atomic mass is 10.2. The van der Waals surface area contributed by atoms with Crippen LogP contribution in [0.4, 0.5) is 32.2 Å². The summed E-state index contributed by atoms with van der Waals surface area (Å²) >= 11 is 6.04. The van der Waals surface area contributed by atoms with Crippen molar-refractivity contribution in [1.82, 2.24) is 9.78 Å². The zero-order valence-electron chi connectivity index (χ0n) is 18.1. The van der Waals surface area contributed by atoms with Crippen molar-refractivity contribution in [3.63, 3.8) is 0 Å². The fourth-order valence-electron chi connectivity index (χ4n) is 3.17. The summed E-state index contributed by atoms with van der Waals surface area (Å²) in [6, 6.07) is 8.19. The SMILES string of the molecule is Cc1cc(NC(=O)c2ccc(COc3c(F)c(F)c(F)c(F)c3F)o2)nn1Cc1c(F)cccc1Cl. The highest BCUT2D eigenvalue weighted by Gasteiger charge is 2.27. The molecule has 4 rings (SSSR count). The van der Waals surface area contributed by atoms with E-state index in [1.807, 2.05) is 0 Å². The number of anilines is 1. The molecule has 0 aliphatic rings. The monoisotopic (exact) mass is 529 g/mol. The molecule has 0 atom stereocenters. The minimum Gasteiger partial charge on any atom is -0.479 e. The molecule has 36 heavy (non-hydrogen) atoms. The van der Waals surface area contributed by atoms with Crippen LogP contribution in [0, 0.1) is 41.8 Å². The molecule has 0 fully saturated rings. The number of nitrogens with zero attached hydrogens (tertiary/aromatic N) is 2. The predicted molar refractivity (Wildman–Crippen MR) is 115 cm³/mol. The first kappa shape index (κ1) is 25.2. The number of carbonyl (C=O) groups is 1. The lowest BCUT2D eigenvalue weighted by Gasteiger charge is -2.09. The number of rotatable bonds is 7. The number of carbonyl (C=O) groups excluding carboxylic acids is 1. The lowest BCUT2D eigenvalue weighted by Crippen LogP contribution is -2.12. The van der Waals surface area contributed by atoms with Crippen LogP contribution in [0.1, 0.15) is 27.6 Å². The Balaban J connectivity index is 1.43. The molecular formula is C23H14ClF6N3O3. The maximum absolute atomic E-state index is 14.1. The Labute approximate surface area is 204 Å². The van der Waals surface area contributed by atoms with Crippen molar-refractivity contribution >= 4 is 23.3 Å². The van der Waals surface area contributed by atoms with Gasteiger partial charge in [-0.2, -0.15) is 13.9 Å². The molecule has 2 aromatic carbocycles. The lowest BCUT2D eigenvalue weighted by molar-refractivity contribution is 0.0991. The highest BCUT2D eigenvalue weighted by molar-refractivity contribution is 6.31. The Morgan fingerprint density at radius 3 is 2.36 bits per heavy atom. The number of amides is 1. The Morgan fingerprint density at radius 1 is 1.03 bits per heavy atom. The van der Waals surface area contributed by atoms with Crippen LogP contribution in [0.15, 0.2) is 40.8 Å². The molecule has 0 saturated heterocycles. The third-order valence-corrected chi connectivity index (χ3v) is 5.36. The first-order valence-electron chi connectivity index (χ1n) is 10.1. The molecule has 1 amide bonds. The number of nitrogens with one attached hydrogen (secondary N) is 1. The van der Waals surface area contributed by atoms with Crippen LogP contribution in [-0.4, -0.2) is 15.7 Å². The summed E-state index contributed by atoms with van der Waals surface area (Å²) in [5.41, 5.74) is 0.800. The van der Waals surface area contributed by atoms with Gasteiger partial charge in [-0.1, -0.05) is 17.7 Å². The van der Waals surface area contributed by atoms with E-state index in [0.29, 0.717) is 5.69 Å². The quantitative estimate of drug-likeness (QED) is 0.177. The fraction of sp³-hybridized carbons (Fsp3) is 0.130. The fourth-order valence-corrected chi connectivity index (χ4v) is 3.40. The number of ether oxygens (including phenoxy) is 1. The molecule has 188 valence electrons. The molecule has 1 N–H and O–H groups in total. The average molecular weight is 530 g/mol. The van der Waals surface area contributed by atoms with Crippen molar-refractivity contribution in [2.24, 2.45) is 0 Å². The minimum absolute atomic E-state index is 0.00709. The molecule has 2 heterocycles. The van der Waals surface area contributed by atoms with Gasteiger partial charge in [-0.3, -0.25) is 9.48 Å². The Morgan fingerprint density at radius 2 is 1.69 bits per heavy atom. The molecule has 0 spiro atoms. The molecule has 0 aliphatic carbocycles. The number of aryl methyl sites for hydroxylation is 1. The summed E-state index contributed by atoms with van der Waals surface area (Å²) < 4.78 is 92.6. The summed E-state index contributed by atoms with van der Waals surface area (Å²) in [6.07, 6.45) is 0. The second kappa shape index (κ2) is 9.97. The highest BCUT2D eigenvalue weighted by Crippen LogP contribution is 2.30. The number of aromatic nitrogens is 2. The van der Waals surface area contributed by atoms with Gasteiger partial charge in [0.15, 0.2) is 17.3 Å². The summed E-state index contributed by atoms with van der Waals surface area (Å²) in [5.74, 6) is -13.9. The van der Waals surface area contributed by atoms with Gasteiger partial charge in [0.2, 0.25) is 29.1 Å². The van der Waals surface area contributed by atoms with E-state index in [-0.39, 0.29) is 34.5 Å². The third kappa shape index (κ3) is 4.89. The van der Waals surface area contributed by atoms with E-state index in [2.05, 4.69) is 10.4 Å². The largest absolute Gasteiger partial charge is 0.479 e. The molecule has 0 saturated carbocycles. The molecule has 0 radical (unpaired) electrons. The van der Waals surface area contributed by atoms with Gasteiger partial charge in [-0.15, -0.1) is 0 Å². The molecule has 0 bridgehead atoms. The van der Waals surface area contributed by atoms with Crippen LogP contribution >= 0.6 is 11.6 Å². The summed E-state index contributed by atoms with van der Waals surface area (Å²) in [7, 11) is 0. The van der Waals surface area contributed by atoms with E-state index in [1.165, 1.54) is 41.1 Å². The molecule has 13 heteroatoms. The van der Waals surface area contributed by atoms with Crippen molar-refractivity contribution in [2.75, 3.05) is 5.32 Å². The van der Waals surface area contributed by atoms with Crippen LogP contribution in [0.2, 0.25) is 5.02 Å². The average Bonchev–Trinajstić information content (AvgIpc) is 3.45. The first-order valence-corrected chi connectivity index (χ1v) is 10.5. The number of halogens is 7. The molecule has 4 aromatic rings. The van der Waals surface area contributed by atoms with E-state index in [0.717, 1.165) is 0 Å². The summed E-state index contributed by atoms with van der Waals surface area (Å²) in [4.78, 5) is 12.5. The van der Waals surface area contributed by atoms with E-state index < -0.39 is 53.2 Å². The molecule has 6 nitrogen and oxygen atoms in total. The normalized spacial score (nSPS) is 11.1. The second-order valence-electron chi connectivity index (χ2n) is 7.44. The van der Waals surface area contributed by atoms with E-state index in [4.69, 9.17) is 20.8 Å². The maximum Gasteiger partial charge on any atom is 0.292 e. The standard InChI is InChI=1S/C23H14ClF6N3O3/c1-10-7-16(32-33(10)8-12-13(24)3-2-4-14(12)25)31-23(34)15-6-5-11(36-15)9-35-22-20(29)18(27)17(26)19(28)21(22)30/h2-7H,8-9H2,1H3,(H,31,32,34). The van der Waals surface area contributed by atoms with Gasteiger partial charge in [-0.05, 0) is 31.2 Å². The zero-order valence-corrected chi connectivity index (χ0v) is 18.9. The topological polar surface area (TPSA) is 69.3 Å². The van der Waals surface area contributed by atoms with Gasteiger partial charge in [0.1, 0.15) is 18.2 Å². The first-order chi connectivity index (χ1) is 17.1. The van der Waals surface area contributed by atoms with Crippen LogP contribution in [0.5, 0.6) is 5.75 Å². The van der Waals surface area contributed by atoms with Crippen LogP contribution in [-0.2, 0) is 13.2 Å². The van der Waals surface area contributed by atoms with Crippen molar-refractivity contribution in [1.29, 1.82) is 0 Å². The number of benzene rings is 2. The van der Waals surface area contributed by atoms with Gasteiger partial charge in [0.25, 0.3) is 5.91 Å². The highest BCUT2D eigenvalue weighted by atomic mass is 35.5. The van der Waals surface area contributed by atoms with Gasteiger partial charge in [0, 0.05) is 22.3 Å². The Kier molecular flexibility index (Phi) is 6.97. The van der Waals surface area contributed by atoms with Crippen molar-refractivity contribution in [3.8, 4) is 5.75 Å². The van der Waals surface area contributed by atoms with Crippen LogP contribution in [0.3, 0.4) is 0 Å². The third-order valence-electron chi connectivity index (χ3n) is 5.01. The summed E-state index contributed by atoms with van der Waals surface area (Å²) in [5, 5.41) is 6.87. The van der Waals surface area contributed by atoms with Crippen molar-refractivity contribution in [2.45, 2.75) is 20.1 Å². The van der Waals surface area contributed by atoms with Gasteiger partial charge in [0.05, 0.1) is 6.54 Å². The smallest absolute Gasteiger partial charge is 0.292 e. The zero-order chi connectivity index (χ0) is 26.1. The molecular weight excluding hydrogens is 516 g/mol.